The predicted molar refractivity (Wildman–Crippen MR) is 132 cm³/mol. The van der Waals surface area contributed by atoms with E-state index < -0.39 is 29.1 Å². The van der Waals surface area contributed by atoms with E-state index in [-0.39, 0.29) is 23.5 Å². The first-order chi connectivity index (χ1) is 17.3. The van der Waals surface area contributed by atoms with Crippen molar-refractivity contribution in [3.05, 3.63) is 94.3 Å². The Labute approximate surface area is 208 Å². The fraction of sp³-hybridized carbons (Fsp3) is 0.333. The van der Waals surface area contributed by atoms with E-state index >= 15 is 4.39 Å². The van der Waals surface area contributed by atoms with Crippen molar-refractivity contribution in [2.75, 3.05) is 6.61 Å². The molecule has 0 N–H and O–H groups in total. The number of aryl methyl sites for hydroxylation is 2. The molecule has 0 radical (unpaired) electrons. The average Bonchev–Trinajstić information content (AvgIpc) is 2.88. The molecule has 1 atom stereocenters. The molecule has 3 aromatic rings. The smallest absolute Gasteiger partial charge is 0.201 e. The number of rotatable bonds is 8. The van der Waals surface area contributed by atoms with Crippen LogP contribution in [0.25, 0.3) is 16.7 Å². The predicted octanol–water partition coefficient (Wildman–Crippen LogP) is 8.96. The van der Waals surface area contributed by atoms with Crippen LogP contribution < -0.4 is 4.74 Å². The van der Waals surface area contributed by atoms with Crippen molar-refractivity contribution < 1.29 is 26.7 Å². The lowest BCUT2D eigenvalue weighted by Gasteiger charge is -2.23. The standard InChI is InChI=1S/C30H29F5O/c1-3-16-36-26-15-14-24(29(34)30(26)35)22-12-13-23(25(31)17-22)20-9-5-19(6-10-20)7-11-21-8-4-18(2)27(32)28(21)33/h4,8-9,12-15,17,19H,3,5-7,10-11,16H2,1-2H3. The molecule has 0 spiro atoms. The lowest BCUT2D eigenvalue weighted by Crippen LogP contribution is -2.08. The van der Waals surface area contributed by atoms with Gasteiger partial charge < -0.3 is 4.74 Å². The van der Waals surface area contributed by atoms with E-state index in [1.54, 1.807) is 24.3 Å². The molecule has 1 nitrogen and oxygen atoms in total. The van der Waals surface area contributed by atoms with Crippen LogP contribution in [0.5, 0.6) is 5.75 Å². The van der Waals surface area contributed by atoms with Crippen LogP contribution in [0.3, 0.4) is 0 Å². The van der Waals surface area contributed by atoms with Crippen LogP contribution in [0.15, 0.2) is 48.5 Å². The van der Waals surface area contributed by atoms with Gasteiger partial charge in [0.15, 0.2) is 23.2 Å². The summed E-state index contributed by atoms with van der Waals surface area (Å²) in [4.78, 5) is 0. The summed E-state index contributed by atoms with van der Waals surface area (Å²) in [6.45, 7) is 3.68. The molecule has 0 saturated heterocycles. The van der Waals surface area contributed by atoms with Gasteiger partial charge in [-0.3, -0.25) is 0 Å². The summed E-state index contributed by atoms with van der Waals surface area (Å²) >= 11 is 0. The number of benzene rings is 3. The van der Waals surface area contributed by atoms with Gasteiger partial charge in [-0.15, -0.1) is 0 Å². The Morgan fingerprint density at radius 1 is 0.861 bits per heavy atom. The van der Waals surface area contributed by atoms with Crippen molar-refractivity contribution in [2.45, 2.75) is 52.4 Å². The monoisotopic (exact) mass is 500 g/mol. The maximum absolute atomic E-state index is 15.0. The maximum Gasteiger partial charge on any atom is 0.201 e. The van der Waals surface area contributed by atoms with Crippen molar-refractivity contribution in [3.8, 4) is 16.9 Å². The van der Waals surface area contributed by atoms with E-state index in [4.69, 9.17) is 4.74 Å². The molecule has 1 aliphatic carbocycles. The molecule has 6 heteroatoms. The minimum Gasteiger partial charge on any atom is -0.490 e. The van der Waals surface area contributed by atoms with Gasteiger partial charge in [-0.1, -0.05) is 37.3 Å². The lowest BCUT2D eigenvalue weighted by atomic mass is 9.83. The van der Waals surface area contributed by atoms with Crippen LogP contribution in [0.2, 0.25) is 0 Å². The minimum atomic E-state index is -1.08. The zero-order chi connectivity index (χ0) is 25.8. The van der Waals surface area contributed by atoms with Crippen LogP contribution in [0, 0.1) is 41.9 Å². The molecule has 0 amide bonds. The van der Waals surface area contributed by atoms with E-state index in [2.05, 4.69) is 0 Å². The third-order valence-electron chi connectivity index (χ3n) is 6.83. The van der Waals surface area contributed by atoms with Gasteiger partial charge in [-0.05, 0) is 91.8 Å². The Balaban J connectivity index is 1.44. The van der Waals surface area contributed by atoms with Crippen molar-refractivity contribution in [2.24, 2.45) is 5.92 Å². The molecule has 1 unspecified atom stereocenters. The second kappa shape index (κ2) is 11.3. The van der Waals surface area contributed by atoms with Crippen molar-refractivity contribution in [1.29, 1.82) is 0 Å². The summed E-state index contributed by atoms with van der Waals surface area (Å²) in [5.74, 6) is -4.08. The molecule has 190 valence electrons. The Morgan fingerprint density at radius 3 is 2.33 bits per heavy atom. The highest BCUT2D eigenvalue weighted by Gasteiger charge is 2.21. The van der Waals surface area contributed by atoms with Crippen LogP contribution in [-0.2, 0) is 6.42 Å². The highest BCUT2D eigenvalue weighted by atomic mass is 19.2. The third kappa shape index (κ3) is 5.48. The van der Waals surface area contributed by atoms with Crippen molar-refractivity contribution in [3.63, 3.8) is 0 Å². The van der Waals surface area contributed by atoms with Crippen molar-refractivity contribution >= 4 is 5.57 Å². The molecule has 0 fully saturated rings. The topological polar surface area (TPSA) is 9.23 Å². The fourth-order valence-electron chi connectivity index (χ4n) is 4.66. The number of halogens is 5. The largest absolute Gasteiger partial charge is 0.490 e. The SMILES string of the molecule is CCCOc1ccc(-c2ccc(C3=CCC(CCc4ccc(C)c(F)c4F)CC3)c(F)c2)c(F)c1F. The minimum absolute atomic E-state index is 0.0285. The van der Waals surface area contributed by atoms with Crippen molar-refractivity contribution in [1.82, 2.24) is 0 Å². The van der Waals surface area contributed by atoms with Gasteiger partial charge in [-0.25, -0.2) is 17.6 Å². The number of hydrogen-bond donors (Lipinski definition) is 0. The third-order valence-corrected chi connectivity index (χ3v) is 6.83. The van der Waals surface area contributed by atoms with Gasteiger partial charge in [-0.2, -0.15) is 4.39 Å². The molecule has 3 aromatic carbocycles. The molecular weight excluding hydrogens is 471 g/mol. The normalized spacial score (nSPS) is 15.6. The highest BCUT2D eigenvalue weighted by Crippen LogP contribution is 2.36. The second-order valence-corrected chi connectivity index (χ2v) is 9.36. The van der Waals surface area contributed by atoms with Gasteiger partial charge in [0.2, 0.25) is 5.82 Å². The number of allylic oxidation sites excluding steroid dienone is 2. The first kappa shape index (κ1) is 25.9. The molecule has 36 heavy (non-hydrogen) atoms. The Kier molecular flexibility index (Phi) is 8.12. The van der Waals surface area contributed by atoms with Gasteiger partial charge in [0.25, 0.3) is 0 Å². The zero-order valence-electron chi connectivity index (χ0n) is 20.4. The number of ether oxygens (including phenoxy) is 1. The van der Waals surface area contributed by atoms with E-state index in [9.17, 15) is 17.6 Å². The molecule has 4 rings (SSSR count). The summed E-state index contributed by atoms with van der Waals surface area (Å²) in [5.41, 5.74) is 2.18. The van der Waals surface area contributed by atoms with E-state index in [1.165, 1.54) is 25.1 Å². The molecule has 0 heterocycles. The quantitative estimate of drug-likeness (QED) is 0.281. The van der Waals surface area contributed by atoms with Gasteiger partial charge in [0, 0.05) is 11.1 Å². The Hall–Kier alpha value is -3.15. The summed E-state index contributed by atoms with van der Waals surface area (Å²) < 4.78 is 77.2. The summed E-state index contributed by atoms with van der Waals surface area (Å²) in [6, 6.07) is 10.4. The first-order valence-corrected chi connectivity index (χ1v) is 12.3. The van der Waals surface area contributed by atoms with Crippen LogP contribution >= 0.6 is 0 Å². The first-order valence-electron chi connectivity index (χ1n) is 12.3. The van der Waals surface area contributed by atoms with Gasteiger partial charge in [0.05, 0.1) is 6.61 Å². The zero-order valence-corrected chi connectivity index (χ0v) is 20.4. The number of hydrogen-bond acceptors (Lipinski definition) is 1. The molecule has 0 aliphatic heterocycles. The van der Waals surface area contributed by atoms with Crippen LogP contribution in [-0.4, -0.2) is 6.61 Å². The fourth-order valence-corrected chi connectivity index (χ4v) is 4.66. The Bertz CT molecular complexity index is 1280. The lowest BCUT2D eigenvalue weighted by molar-refractivity contribution is 0.295. The second-order valence-electron chi connectivity index (χ2n) is 9.36. The maximum atomic E-state index is 15.0. The van der Waals surface area contributed by atoms with Gasteiger partial charge >= 0.3 is 0 Å². The molecule has 0 aromatic heterocycles. The molecule has 1 aliphatic rings. The molecular formula is C30H29F5O. The van der Waals surface area contributed by atoms with Gasteiger partial charge in [0.1, 0.15) is 5.82 Å². The Morgan fingerprint density at radius 2 is 1.64 bits per heavy atom. The van der Waals surface area contributed by atoms with E-state index in [0.29, 0.717) is 54.7 Å². The van der Waals surface area contributed by atoms with Crippen LogP contribution in [0.1, 0.15) is 55.7 Å². The van der Waals surface area contributed by atoms with E-state index in [0.717, 1.165) is 12.0 Å². The molecule has 0 saturated carbocycles. The average molecular weight is 501 g/mol. The molecule has 0 bridgehead atoms. The highest BCUT2D eigenvalue weighted by molar-refractivity contribution is 5.72. The summed E-state index contributed by atoms with van der Waals surface area (Å²) in [6.07, 6.45) is 5.99. The summed E-state index contributed by atoms with van der Waals surface area (Å²) in [7, 11) is 0. The van der Waals surface area contributed by atoms with E-state index in [1.807, 2.05) is 13.0 Å². The summed E-state index contributed by atoms with van der Waals surface area (Å²) in [5, 5.41) is 0. The van der Waals surface area contributed by atoms with Crippen LogP contribution in [0.4, 0.5) is 22.0 Å².